The summed E-state index contributed by atoms with van der Waals surface area (Å²) in [5.74, 6) is 0. The molecule has 3 aromatic rings. The van der Waals surface area contributed by atoms with E-state index in [2.05, 4.69) is 126 Å². The highest BCUT2D eigenvalue weighted by molar-refractivity contribution is 5.28. The minimum absolute atomic E-state index is 0.165. The van der Waals surface area contributed by atoms with E-state index in [4.69, 9.17) is 0 Å². The Labute approximate surface area is 190 Å². The van der Waals surface area contributed by atoms with Gasteiger partial charge < -0.3 is 0 Å². The van der Waals surface area contributed by atoms with Gasteiger partial charge in [-0.2, -0.15) is 0 Å². The van der Waals surface area contributed by atoms with Gasteiger partial charge in [0, 0.05) is 0 Å². The monoisotopic (exact) mass is 412 g/mol. The molecule has 0 aliphatic rings. The van der Waals surface area contributed by atoms with Gasteiger partial charge in [0.25, 0.3) is 0 Å². The molecule has 0 bridgehead atoms. The standard InChI is InChI=1S/C31H40/c1-6-30(4,27-18-12-8-13-19-27)24-25-31(5,28-20-14-9-15-21-28)23-22-29(2,3)26-16-10-7-11-17-26/h7-21H,6,22-25H2,1-5H3. The molecule has 0 heteroatoms. The summed E-state index contributed by atoms with van der Waals surface area (Å²) in [6, 6.07) is 33.3. The summed E-state index contributed by atoms with van der Waals surface area (Å²) in [6.07, 6.45) is 5.92. The molecule has 0 saturated carbocycles. The van der Waals surface area contributed by atoms with Crippen LogP contribution >= 0.6 is 0 Å². The molecule has 0 aliphatic heterocycles. The fourth-order valence-electron chi connectivity index (χ4n) is 4.79. The van der Waals surface area contributed by atoms with E-state index < -0.39 is 0 Å². The Morgan fingerprint density at radius 2 is 0.806 bits per heavy atom. The molecule has 164 valence electrons. The molecule has 0 fully saturated rings. The van der Waals surface area contributed by atoms with Crippen LogP contribution in [0.5, 0.6) is 0 Å². The molecule has 3 aromatic carbocycles. The van der Waals surface area contributed by atoms with Crippen molar-refractivity contribution >= 4 is 0 Å². The van der Waals surface area contributed by atoms with Gasteiger partial charge in [-0.3, -0.25) is 0 Å². The largest absolute Gasteiger partial charge is 0.0645 e. The normalized spacial score (nSPS) is 15.8. The van der Waals surface area contributed by atoms with Crippen LogP contribution in [0.1, 0.15) is 83.4 Å². The van der Waals surface area contributed by atoms with Crippen molar-refractivity contribution in [2.45, 2.75) is 83.0 Å². The van der Waals surface area contributed by atoms with Crippen molar-refractivity contribution in [1.82, 2.24) is 0 Å². The van der Waals surface area contributed by atoms with E-state index in [0.29, 0.717) is 0 Å². The SMILES string of the molecule is CCC(C)(CCC(C)(CCC(C)(C)c1ccccc1)c1ccccc1)c1ccccc1. The van der Waals surface area contributed by atoms with Crippen molar-refractivity contribution < 1.29 is 0 Å². The van der Waals surface area contributed by atoms with Crippen LogP contribution in [0.15, 0.2) is 91.0 Å². The van der Waals surface area contributed by atoms with Crippen LogP contribution in [0.25, 0.3) is 0 Å². The van der Waals surface area contributed by atoms with Crippen molar-refractivity contribution in [2.24, 2.45) is 0 Å². The molecule has 0 nitrogen and oxygen atoms in total. The van der Waals surface area contributed by atoms with Crippen LogP contribution in [-0.2, 0) is 16.2 Å². The molecule has 0 N–H and O–H groups in total. The maximum Gasteiger partial charge on any atom is -0.00746 e. The van der Waals surface area contributed by atoms with E-state index in [1.165, 1.54) is 42.4 Å². The fourth-order valence-corrected chi connectivity index (χ4v) is 4.79. The first-order valence-electron chi connectivity index (χ1n) is 12.0. The lowest BCUT2D eigenvalue weighted by Gasteiger charge is -2.38. The van der Waals surface area contributed by atoms with Crippen LogP contribution in [0, 0.1) is 0 Å². The second-order valence-corrected chi connectivity index (χ2v) is 10.5. The number of rotatable bonds is 10. The van der Waals surface area contributed by atoms with E-state index in [1.807, 2.05) is 0 Å². The molecule has 0 saturated heterocycles. The summed E-state index contributed by atoms with van der Waals surface area (Å²) in [7, 11) is 0. The van der Waals surface area contributed by atoms with Crippen molar-refractivity contribution in [3.63, 3.8) is 0 Å². The Morgan fingerprint density at radius 1 is 0.452 bits per heavy atom. The van der Waals surface area contributed by atoms with E-state index in [-0.39, 0.29) is 16.2 Å². The van der Waals surface area contributed by atoms with E-state index in [9.17, 15) is 0 Å². The van der Waals surface area contributed by atoms with Gasteiger partial charge in [-0.05, 0) is 65.0 Å². The van der Waals surface area contributed by atoms with Crippen LogP contribution in [0.4, 0.5) is 0 Å². The van der Waals surface area contributed by atoms with Gasteiger partial charge in [0.15, 0.2) is 0 Å². The Morgan fingerprint density at radius 3 is 1.26 bits per heavy atom. The fraction of sp³-hybridized carbons (Fsp3) is 0.419. The first-order chi connectivity index (χ1) is 14.8. The molecule has 2 unspecified atom stereocenters. The Hall–Kier alpha value is -2.34. The summed E-state index contributed by atoms with van der Waals surface area (Å²) in [6.45, 7) is 12.1. The topological polar surface area (TPSA) is 0 Å². The second kappa shape index (κ2) is 9.86. The van der Waals surface area contributed by atoms with E-state index in [1.54, 1.807) is 0 Å². The summed E-state index contributed by atoms with van der Waals surface area (Å²) in [5, 5.41) is 0. The summed E-state index contributed by atoms with van der Waals surface area (Å²) in [4.78, 5) is 0. The highest BCUT2D eigenvalue weighted by atomic mass is 14.4. The van der Waals surface area contributed by atoms with Gasteiger partial charge >= 0.3 is 0 Å². The Kier molecular flexibility index (Phi) is 7.42. The van der Waals surface area contributed by atoms with E-state index in [0.717, 1.165) is 6.42 Å². The lowest BCUT2D eigenvalue weighted by molar-refractivity contribution is 0.289. The molecule has 0 heterocycles. The predicted molar refractivity (Wildman–Crippen MR) is 136 cm³/mol. The van der Waals surface area contributed by atoms with Gasteiger partial charge in [0.2, 0.25) is 0 Å². The van der Waals surface area contributed by atoms with Crippen molar-refractivity contribution in [2.75, 3.05) is 0 Å². The molecular weight excluding hydrogens is 372 g/mol. The van der Waals surface area contributed by atoms with Gasteiger partial charge in [-0.15, -0.1) is 0 Å². The molecular formula is C31H40. The van der Waals surface area contributed by atoms with Gasteiger partial charge in [0.05, 0.1) is 0 Å². The van der Waals surface area contributed by atoms with Gasteiger partial charge in [0.1, 0.15) is 0 Å². The summed E-state index contributed by atoms with van der Waals surface area (Å²) in [5.41, 5.74) is 4.94. The highest BCUT2D eigenvalue weighted by Crippen LogP contribution is 2.43. The van der Waals surface area contributed by atoms with Crippen LogP contribution in [-0.4, -0.2) is 0 Å². The molecule has 0 aliphatic carbocycles. The third-order valence-electron chi connectivity index (χ3n) is 7.81. The Bertz CT molecular complexity index is 910. The zero-order valence-electron chi connectivity index (χ0n) is 20.2. The Balaban J connectivity index is 1.83. The number of hydrogen-bond donors (Lipinski definition) is 0. The molecule has 0 radical (unpaired) electrons. The number of hydrogen-bond acceptors (Lipinski definition) is 0. The van der Waals surface area contributed by atoms with Gasteiger partial charge in [-0.25, -0.2) is 0 Å². The maximum absolute atomic E-state index is 2.49. The van der Waals surface area contributed by atoms with Crippen LogP contribution in [0.3, 0.4) is 0 Å². The zero-order chi connectivity index (χ0) is 22.4. The smallest absolute Gasteiger partial charge is 0.00746 e. The lowest BCUT2D eigenvalue weighted by Crippen LogP contribution is -2.30. The molecule has 0 amide bonds. The first-order valence-corrected chi connectivity index (χ1v) is 12.0. The van der Waals surface area contributed by atoms with Crippen LogP contribution < -0.4 is 0 Å². The molecule has 0 spiro atoms. The van der Waals surface area contributed by atoms with Crippen molar-refractivity contribution in [1.29, 1.82) is 0 Å². The third-order valence-corrected chi connectivity index (χ3v) is 7.81. The van der Waals surface area contributed by atoms with Crippen LogP contribution in [0.2, 0.25) is 0 Å². The second-order valence-electron chi connectivity index (χ2n) is 10.5. The first kappa shape index (κ1) is 23.3. The van der Waals surface area contributed by atoms with Gasteiger partial charge in [-0.1, -0.05) is 126 Å². The average molecular weight is 413 g/mol. The quantitative estimate of drug-likeness (QED) is 0.312. The number of benzene rings is 3. The molecule has 3 rings (SSSR count). The maximum atomic E-state index is 2.49. The van der Waals surface area contributed by atoms with E-state index >= 15 is 0 Å². The summed E-state index contributed by atoms with van der Waals surface area (Å²) >= 11 is 0. The van der Waals surface area contributed by atoms with Crippen molar-refractivity contribution in [3.05, 3.63) is 108 Å². The molecule has 31 heavy (non-hydrogen) atoms. The summed E-state index contributed by atoms with van der Waals surface area (Å²) < 4.78 is 0. The lowest BCUT2D eigenvalue weighted by atomic mass is 9.66. The molecule has 0 aromatic heterocycles. The third kappa shape index (κ3) is 5.67. The zero-order valence-corrected chi connectivity index (χ0v) is 20.2. The minimum Gasteiger partial charge on any atom is -0.0645 e. The average Bonchev–Trinajstić information content (AvgIpc) is 2.83. The minimum atomic E-state index is 0.165. The highest BCUT2D eigenvalue weighted by Gasteiger charge is 2.34. The predicted octanol–water partition coefficient (Wildman–Crippen LogP) is 8.85. The molecule has 2 atom stereocenters. The van der Waals surface area contributed by atoms with Crippen molar-refractivity contribution in [3.8, 4) is 0 Å².